The molecule has 0 spiro atoms. The van der Waals surface area contributed by atoms with Crippen LogP contribution in [-0.4, -0.2) is 55.0 Å². The van der Waals surface area contributed by atoms with Crippen LogP contribution in [0.2, 0.25) is 0 Å². The summed E-state index contributed by atoms with van der Waals surface area (Å²) in [5.41, 5.74) is 0.890. The molecule has 9 nitrogen and oxygen atoms in total. The first-order chi connectivity index (χ1) is 20.9. The molecule has 1 aromatic rings. The normalized spacial score (nSPS) is 10.8. The molecule has 0 amide bonds. The van der Waals surface area contributed by atoms with Gasteiger partial charge in [-0.15, -0.1) is 0 Å². The summed E-state index contributed by atoms with van der Waals surface area (Å²) >= 11 is 0. The Morgan fingerprint density at radius 3 is 1.51 bits per heavy atom. The molecule has 3 N–H and O–H groups in total. The van der Waals surface area contributed by atoms with Gasteiger partial charge in [-0.05, 0) is 19.3 Å². The Balaban J connectivity index is 2.45. The van der Waals surface area contributed by atoms with E-state index in [1.54, 1.807) is 12.1 Å². The maximum absolute atomic E-state index is 11.6. The van der Waals surface area contributed by atoms with Gasteiger partial charge in [0.15, 0.2) is 0 Å². The lowest BCUT2D eigenvalue weighted by molar-refractivity contribution is -0.141. The number of carbonyl (C=O) groups excluding carboxylic acids is 1. The van der Waals surface area contributed by atoms with Crippen molar-refractivity contribution in [3.8, 4) is 11.5 Å². The highest BCUT2D eigenvalue weighted by atomic mass is 16.5. The van der Waals surface area contributed by atoms with E-state index in [-0.39, 0.29) is 32.0 Å². The number of esters is 1. The number of carbonyl (C=O) groups is 3. The summed E-state index contributed by atoms with van der Waals surface area (Å²) < 4.78 is 16.6. The quantitative estimate of drug-likeness (QED) is 0.0609. The van der Waals surface area contributed by atoms with Gasteiger partial charge >= 0.3 is 17.9 Å². The summed E-state index contributed by atoms with van der Waals surface area (Å²) in [5.74, 6) is -1.62. The zero-order valence-corrected chi connectivity index (χ0v) is 26.8. The first kappa shape index (κ1) is 38.1. The Labute approximate surface area is 259 Å². The molecule has 1 aromatic carbocycles. The molecule has 9 heteroatoms. The van der Waals surface area contributed by atoms with Crippen LogP contribution in [0.5, 0.6) is 11.5 Å². The molecule has 0 aliphatic rings. The minimum atomic E-state index is -1.02. The van der Waals surface area contributed by atoms with Gasteiger partial charge in [-0.2, -0.15) is 0 Å². The predicted molar refractivity (Wildman–Crippen MR) is 170 cm³/mol. The van der Waals surface area contributed by atoms with Crippen molar-refractivity contribution in [1.82, 2.24) is 0 Å². The van der Waals surface area contributed by atoms with Gasteiger partial charge in [-0.25, -0.2) is 0 Å². The average Bonchev–Trinajstić information content (AvgIpc) is 2.98. The molecular weight excluding hydrogens is 550 g/mol. The Bertz CT molecular complexity index is 905. The average molecular weight is 608 g/mol. The van der Waals surface area contributed by atoms with Crippen LogP contribution in [0, 0.1) is 0 Å². The summed E-state index contributed by atoms with van der Waals surface area (Å²) in [4.78, 5) is 34.0. The minimum absolute atomic E-state index is 0.268. The van der Waals surface area contributed by atoms with Crippen LogP contribution < -0.4 is 14.8 Å². The summed E-state index contributed by atoms with van der Waals surface area (Å²) in [6.45, 7) is 2.67. The van der Waals surface area contributed by atoms with E-state index in [9.17, 15) is 19.5 Å². The molecule has 0 heterocycles. The molecule has 0 radical (unpaired) electrons. The summed E-state index contributed by atoms with van der Waals surface area (Å²) in [6.07, 6.45) is 21.6. The van der Waals surface area contributed by atoms with E-state index in [4.69, 9.17) is 14.6 Å². The maximum Gasteiger partial charge on any atom is 0.322 e. The first-order valence-electron chi connectivity index (χ1n) is 16.5. The lowest BCUT2D eigenvalue weighted by Crippen LogP contribution is -2.14. The number of anilines is 1. The summed E-state index contributed by atoms with van der Waals surface area (Å²) in [7, 11) is 1.34. The zero-order chi connectivity index (χ0) is 31.5. The van der Waals surface area contributed by atoms with E-state index in [0.29, 0.717) is 42.2 Å². The van der Waals surface area contributed by atoms with Gasteiger partial charge in [0.25, 0.3) is 0 Å². The molecule has 0 aliphatic heterocycles. The van der Waals surface area contributed by atoms with Gasteiger partial charge in [0.2, 0.25) is 0 Å². The van der Waals surface area contributed by atoms with Crippen LogP contribution >= 0.6 is 0 Å². The van der Waals surface area contributed by atoms with Crippen molar-refractivity contribution in [2.24, 2.45) is 0 Å². The molecule has 0 atom stereocenters. The van der Waals surface area contributed by atoms with Crippen molar-refractivity contribution in [3.63, 3.8) is 0 Å². The molecule has 0 aromatic heterocycles. The van der Waals surface area contributed by atoms with Gasteiger partial charge in [0, 0.05) is 29.8 Å². The van der Waals surface area contributed by atoms with E-state index in [1.807, 2.05) is 0 Å². The second-order valence-electron chi connectivity index (χ2n) is 11.3. The third kappa shape index (κ3) is 20.6. The molecule has 0 unspecified atom stereocenters. The van der Waals surface area contributed by atoms with Crippen LogP contribution in [0.15, 0.2) is 12.1 Å². The van der Waals surface area contributed by atoms with E-state index >= 15 is 0 Å². The molecule has 0 aliphatic carbocycles. The highest BCUT2D eigenvalue weighted by Gasteiger charge is 2.17. The third-order valence-corrected chi connectivity index (χ3v) is 7.46. The largest absolute Gasteiger partial charge is 0.493 e. The molecule has 0 saturated heterocycles. The topological polar surface area (TPSA) is 131 Å². The molecular formula is C34H57NO8. The fraction of sp³-hybridized carbons (Fsp3) is 0.735. The van der Waals surface area contributed by atoms with Crippen molar-refractivity contribution in [2.45, 2.75) is 135 Å². The second kappa shape index (κ2) is 25.5. The van der Waals surface area contributed by atoms with Crippen LogP contribution in [0.3, 0.4) is 0 Å². The van der Waals surface area contributed by atoms with E-state index in [2.05, 4.69) is 17.0 Å². The van der Waals surface area contributed by atoms with Crippen molar-refractivity contribution in [2.75, 3.05) is 32.2 Å². The smallest absolute Gasteiger partial charge is 0.322 e. The molecule has 0 bridgehead atoms. The van der Waals surface area contributed by atoms with Crippen molar-refractivity contribution in [3.05, 3.63) is 17.7 Å². The molecule has 246 valence electrons. The predicted octanol–water partition coefficient (Wildman–Crippen LogP) is 8.17. The number of aliphatic carboxylic acids is 2. The SMILES string of the molecule is CCCCCCCCCCCCCCCCCCOc1cc(NCC(=O)O)cc(OCCCCC(=O)OC)c1CC(=O)O. The number of benzene rings is 1. The van der Waals surface area contributed by atoms with E-state index < -0.39 is 11.9 Å². The van der Waals surface area contributed by atoms with E-state index in [0.717, 1.165) is 19.3 Å². The monoisotopic (exact) mass is 607 g/mol. The van der Waals surface area contributed by atoms with Crippen molar-refractivity contribution in [1.29, 1.82) is 0 Å². The van der Waals surface area contributed by atoms with Crippen LogP contribution in [0.4, 0.5) is 5.69 Å². The number of ether oxygens (including phenoxy) is 3. The van der Waals surface area contributed by atoms with Crippen LogP contribution in [0.25, 0.3) is 0 Å². The first-order valence-corrected chi connectivity index (χ1v) is 16.5. The number of rotatable bonds is 29. The standard InChI is InChI=1S/C34H57NO8/c1-3-4-5-6-7-8-9-10-11-12-13-14-15-16-17-19-22-42-30-24-28(35-27-33(38)39)25-31(29(30)26-32(36)37)43-23-20-18-21-34(40)41-2/h24-25,35H,3-23,26-27H2,1-2H3,(H,36,37)(H,38,39). The highest BCUT2D eigenvalue weighted by molar-refractivity contribution is 5.76. The second-order valence-corrected chi connectivity index (χ2v) is 11.3. The molecule has 43 heavy (non-hydrogen) atoms. The maximum atomic E-state index is 11.6. The van der Waals surface area contributed by atoms with Gasteiger partial charge in [0.05, 0.1) is 26.7 Å². The fourth-order valence-electron chi connectivity index (χ4n) is 4.97. The van der Waals surface area contributed by atoms with Crippen molar-refractivity contribution >= 4 is 23.6 Å². The fourth-order valence-corrected chi connectivity index (χ4v) is 4.97. The lowest BCUT2D eigenvalue weighted by Gasteiger charge is -2.18. The summed E-state index contributed by atoms with van der Waals surface area (Å²) in [6, 6.07) is 3.24. The molecule has 0 saturated carbocycles. The van der Waals surface area contributed by atoms with Gasteiger partial charge in [-0.3, -0.25) is 14.4 Å². The Hall–Kier alpha value is -2.97. The Morgan fingerprint density at radius 1 is 0.651 bits per heavy atom. The van der Waals surface area contributed by atoms with E-state index in [1.165, 1.54) is 90.6 Å². The highest BCUT2D eigenvalue weighted by Crippen LogP contribution is 2.34. The zero-order valence-electron chi connectivity index (χ0n) is 26.8. The minimum Gasteiger partial charge on any atom is -0.493 e. The molecule has 0 fully saturated rings. The number of nitrogens with one attached hydrogen (secondary N) is 1. The van der Waals surface area contributed by atoms with Crippen LogP contribution in [-0.2, 0) is 25.5 Å². The van der Waals surface area contributed by atoms with Crippen LogP contribution in [0.1, 0.15) is 134 Å². The number of carboxylic acids is 2. The number of carboxylic acid groups (broad SMARTS) is 2. The molecule has 1 rings (SSSR count). The number of methoxy groups -OCH3 is 1. The summed E-state index contributed by atoms with van der Waals surface area (Å²) in [5, 5.41) is 21.4. The third-order valence-electron chi connectivity index (χ3n) is 7.46. The Kier molecular flexibility index (Phi) is 22.6. The van der Waals surface area contributed by atoms with Gasteiger partial charge in [0.1, 0.15) is 18.0 Å². The number of hydrogen-bond acceptors (Lipinski definition) is 7. The number of hydrogen-bond donors (Lipinski definition) is 3. The Morgan fingerprint density at radius 2 is 1.09 bits per heavy atom. The van der Waals surface area contributed by atoms with Crippen molar-refractivity contribution < 1.29 is 38.8 Å². The lowest BCUT2D eigenvalue weighted by atomic mass is 10.0. The number of unbranched alkanes of at least 4 members (excludes halogenated alkanes) is 16. The van der Waals surface area contributed by atoms with Gasteiger partial charge < -0.3 is 29.7 Å². The van der Waals surface area contributed by atoms with Gasteiger partial charge in [-0.1, -0.05) is 103 Å².